The topological polar surface area (TPSA) is 198 Å². The van der Waals surface area contributed by atoms with Crippen molar-refractivity contribution in [1.29, 1.82) is 0 Å². The average Bonchev–Trinajstić information content (AvgIpc) is 3.74. The van der Waals surface area contributed by atoms with E-state index >= 15 is 0 Å². The van der Waals surface area contributed by atoms with Gasteiger partial charge in [-0.25, -0.2) is 52.7 Å². The normalized spacial score (nSPS) is 11.6. The van der Waals surface area contributed by atoms with Gasteiger partial charge in [-0.3, -0.25) is 0 Å². The van der Waals surface area contributed by atoms with Gasteiger partial charge in [-0.15, -0.1) is 0 Å². The van der Waals surface area contributed by atoms with Crippen molar-refractivity contribution in [2.24, 2.45) is 21.1 Å². The number of fused-ring (bicyclic) bond motifs is 1. The number of hydrogen-bond donors (Lipinski definition) is 0. The minimum absolute atomic E-state index is 0.310. The van der Waals surface area contributed by atoms with E-state index in [2.05, 4.69) is 127 Å². The lowest BCUT2D eigenvalue weighted by Crippen LogP contribution is -2.29. The molecule has 0 saturated heterocycles. The number of unbranched alkanes of at least 4 members (excludes halogenated alkanes) is 3. The molecule has 0 aliphatic heterocycles. The molecule has 0 unspecified atom stereocenters. The Balaban J connectivity index is 0.000000270. The van der Waals surface area contributed by atoms with Gasteiger partial charge >= 0.3 is 0 Å². The fraction of sp³-hybridized carbons (Fsp3) is 0.486. The standard InChI is InChI=1S/C10H8O9S3.3C9H17N2/c11-20(12,13)7-1-2-9-6(3-7)4-8(21(14,15)16)5-10(9)22(17,18)19;3*1-4-5-6-11-8-7-10(3)9(11)2/h1-5H,(H,11,12,13)(H,14,15,16)(H,17,18,19);3*7-8H,4-6H2,1-3H3/q;3*+1/p-3. The second-order valence-electron chi connectivity index (χ2n) is 13.2. The first-order chi connectivity index (χ1) is 25.6. The largest absolute Gasteiger partial charge is 0.744 e. The van der Waals surface area contributed by atoms with Crippen molar-refractivity contribution in [1.82, 2.24) is 13.7 Å². The number of nitrogens with zero attached hydrogens (tertiary/aromatic N) is 6. The van der Waals surface area contributed by atoms with Crippen molar-refractivity contribution in [2.45, 2.75) is 114 Å². The third kappa shape index (κ3) is 14.3. The van der Waals surface area contributed by atoms with Gasteiger partial charge in [-0.05, 0) is 54.3 Å². The minimum atomic E-state index is -5.14. The van der Waals surface area contributed by atoms with Crippen molar-refractivity contribution in [3.63, 3.8) is 0 Å². The Labute approximate surface area is 326 Å². The maximum Gasteiger partial charge on any atom is 0.253 e. The van der Waals surface area contributed by atoms with Crippen LogP contribution in [0.25, 0.3) is 10.8 Å². The fourth-order valence-electron chi connectivity index (χ4n) is 5.28. The molecule has 0 spiro atoms. The van der Waals surface area contributed by atoms with Crippen molar-refractivity contribution in [2.75, 3.05) is 0 Å². The van der Waals surface area contributed by atoms with Crippen LogP contribution in [0.5, 0.6) is 0 Å². The molecular formula is C37H56N6O9S3. The van der Waals surface area contributed by atoms with Gasteiger partial charge in [0.05, 0.1) is 55.5 Å². The molecule has 0 atom stereocenters. The van der Waals surface area contributed by atoms with Gasteiger partial charge in [-0.2, -0.15) is 0 Å². The molecule has 55 heavy (non-hydrogen) atoms. The highest BCUT2D eigenvalue weighted by Gasteiger charge is 2.15. The summed E-state index contributed by atoms with van der Waals surface area (Å²) in [4.78, 5) is -2.81. The van der Waals surface area contributed by atoms with Crippen LogP contribution in [0, 0.1) is 20.8 Å². The van der Waals surface area contributed by atoms with Gasteiger partial charge < -0.3 is 13.7 Å². The van der Waals surface area contributed by atoms with Crippen LogP contribution in [-0.4, -0.2) is 52.6 Å². The Morgan fingerprint density at radius 2 is 0.873 bits per heavy atom. The molecule has 5 aromatic rings. The fourth-order valence-corrected chi connectivity index (χ4v) is 7.12. The Hall–Kier alpha value is -3.94. The Kier molecular flexibility index (Phi) is 17.9. The summed E-state index contributed by atoms with van der Waals surface area (Å²) in [5.74, 6) is 4.00. The summed E-state index contributed by atoms with van der Waals surface area (Å²) in [6.07, 6.45) is 20.4. The van der Waals surface area contributed by atoms with Gasteiger partial charge in [0.25, 0.3) is 17.5 Å². The van der Waals surface area contributed by atoms with Crippen LogP contribution in [0.3, 0.4) is 0 Å². The number of imidazole rings is 3. The molecule has 3 heterocycles. The second kappa shape index (κ2) is 20.8. The van der Waals surface area contributed by atoms with Crippen molar-refractivity contribution < 1.29 is 52.6 Å². The van der Waals surface area contributed by atoms with E-state index in [1.54, 1.807) is 0 Å². The molecule has 0 N–H and O–H groups in total. The highest BCUT2D eigenvalue weighted by molar-refractivity contribution is 7.86. The maximum absolute atomic E-state index is 11.2. The van der Waals surface area contributed by atoms with Crippen LogP contribution in [0.2, 0.25) is 0 Å². The third-order valence-electron chi connectivity index (χ3n) is 9.15. The summed E-state index contributed by atoms with van der Waals surface area (Å²) in [5.41, 5.74) is 0. The zero-order valence-electron chi connectivity index (χ0n) is 33.3. The minimum Gasteiger partial charge on any atom is -0.744 e. The Morgan fingerprint density at radius 1 is 0.527 bits per heavy atom. The van der Waals surface area contributed by atoms with E-state index in [0.717, 1.165) is 31.8 Å². The molecule has 0 aliphatic rings. The molecule has 15 nitrogen and oxygen atoms in total. The summed E-state index contributed by atoms with van der Waals surface area (Å²) in [6, 6.07) is 3.39. The quantitative estimate of drug-likeness (QED) is 0.133. The van der Waals surface area contributed by atoms with Crippen molar-refractivity contribution >= 4 is 41.1 Å². The molecule has 5 rings (SSSR count). The van der Waals surface area contributed by atoms with Gasteiger partial charge in [0.15, 0.2) is 0 Å². The zero-order chi connectivity index (χ0) is 41.7. The van der Waals surface area contributed by atoms with Crippen LogP contribution in [0.1, 0.15) is 76.8 Å². The predicted molar refractivity (Wildman–Crippen MR) is 204 cm³/mol. The van der Waals surface area contributed by atoms with E-state index in [4.69, 9.17) is 0 Å². The summed E-state index contributed by atoms with van der Waals surface area (Å²) in [7, 11) is -8.90. The first kappa shape index (κ1) is 47.2. The second-order valence-corrected chi connectivity index (χ2v) is 17.3. The zero-order valence-corrected chi connectivity index (χ0v) is 35.7. The molecule has 0 bridgehead atoms. The number of aryl methyl sites for hydroxylation is 6. The van der Waals surface area contributed by atoms with Crippen LogP contribution in [0.4, 0.5) is 0 Å². The van der Waals surface area contributed by atoms with Gasteiger partial charge in [0, 0.05) is 20.8 Å². The van der Waals surface area contributed by atoms with E-state index in [9.17, 15) is 38.9 Å². The summed E-state index contributed by atoms with van der Waals surface area (Å²) >= 11 is 0. The van der Waals surface area contributed by atoms with E-state index in [1.807, 2.05) is 0 Å². The number of aromatic nitrogens is 6. The van der Waals surface area contributed by atoms with Crippen LogP contribution in [-0.2, 0) is 71.1 Å². The third-order valence-corrected chi connectivity index (χ3v) is 11.7. The molecule has 3 aromatic heterocycles. The van der Waals surface area contributed by atoms with Gasteiger partial charge in [0.2, 0.25) is 0 Å². The molecule has 0 amide bonds. The van der Waals surface area contributed by atoms with Gasteiger partial charge in [0.1, 0.15) is 67.5 Å². The van der Waals surface area contributed by atoms with E-state index in [-0.39, 0.29) is 10.8 Å². The lowest BCUT2D eigenvalue weighted by Gasteiger charge is -2.16. The summed E-state index contributed by atoms with van der Waals surface area (Å²) in [6.45, 7) is 16.6. The number of hydrogen-bond acceptors (Lipinski definition) is 9. The van der Waals surface area contributed by atoms with E-state index in [1.165, 1.54) is 56.0 Å². The van der Waals surface area contributed by atoms with Gasteiger partial charge in [-0.1, -0.05) is 46.1 Å². The predicted octanol–water partition coefficient (Wildman–Crippen LogP) is 3.82. The molecule has 0 saturated carbocycles. The first-order valence-corrected chi connectivity index (χ1v) is 22.3. The molecule has 306 valence electrons. The lowest BCUT2D eigenvalue weighted by molar-refractivity contribution is -0.677. The molecular weight excluding hydrogens is 769 g/mol. The molecule has 0 aliphatic carbocycles. The highest BCUT2D eigenvalue weighted by atomic mass is 32.2. The molecule has 18 heteroatoms. The lowest BCUT2D eigenvalue weighted by atomic mass is 10.1. The van der Waals surface area contributed by atoms with Crippen LogP contribution >= 0.6 is 0 Å². The smallest absolute Gasteiger partial charge is 0.253 e. The van der Waals surface area contributed by atoms with Crippen molar-refractivity contribution in [3.05, 3.63) is 85.0 Å². The number of benzene rings is 2. The summed E-state index contributed by atoms with van der Waals surface area (Å²) < 4.78 is 113. The Bertz CT molecular complexity index is 2220. The van der Waals surface area contributed by atoms with E-state index in [0.29, 0.717) is 18.2 Å². The first-order valence-electron chi connectivity index (χ1n) is 18.1. The molecule has 0 radical (unpaired) electrons. The molecule has 0 fully saturated rings. The molecule has 2 aromatic carbocycles. The average molecular weight is 825 g/mol. The van der Waals surface area contributed by atoms with Crippen LogP contribution < -0.4 is 13.7 Å². The van der Waals surface area contributed by atoms with Crippen LogP contribution in [0.15, 0.2) is 82.2 Å². The van der Waals surface area contributed by atoms with E-state index < -0.39 is 45.0 Å². The highest BCUT2D eigenvalue weighted by Crippen LogP contribution is 2.29. The maximum atomic E-state index is 11.2. The number of rotatable bonds is 12. The Morgan fingerprint density at radius 3 is 1.15 bits per heavy atom. The SMILES string of the molecule is CCCCn1cc[n+](C)c1C.CCCCn1cc[n+](C)c1C.CCCCn1cc[n+](C)c1C.O=S(=O)([O-])c1ccc2c(S(=O)(=O)[O-])cc(S(=O)(=O)[O-])cc2c1. The summed E-state index contributed by atoms with van der Waals surface area (Å²) in [5, 5.41) is -0.668. The van der Waals surface area contributed by atoms with Crippen molar-refractivity contribution in [3.8, 4) is 0 Å². The monoisotopic (exact) mass is 824 g/mol.